The summed E-state index contributed by atoms with van der Waals surface area (Å²) in [4.78, 5) is 8.62. The molecular formula is C19H20N2O2S. The Kier molecular flexibility index (Phi) is 4.36. The van der Waals surface area contributed by atoms with Gasteiger partial charge in [0.05, 0.1) is 12.8 Å². The molecule has 0 saturated carbocycles. The van der Waals surface area contributed by atoms with Crippen molar-refractivity contribution in [2.45, 2.75) is 25.4 Å². The molecule has 2 aromatic heterocycles. The lowest BCUT2D eigenvalue weighted by Crippen LogP contribution is -2.22. The third-order valence-electron chi connectivity index (χ3n) is 4.49. The van der Waals surface area contributed by atoms with Crippen LogP contribution in [0.25, 0.3) is 11.5 Å². The lowest BCUT2D eigenvalue weighted by atomic mass is 10.2. The molecule has 3 heterocycles. The van der Waals surface area contributed by atoms with E-state index in [2.05, 4.69) is 27.4 Å². The van der Waals surface area contributed by atoms with E-state index in [4.69, 9.17) is 9.15 Å². The van der Waals surface area contributed by atoms with Crippen LogP contribution in [0.3, 0.4) is 0 Å². The van der Waals surface area contributed by atoms with Crippen LogP contribution in [0, 0.1) is 0 Å². The number of aromatic nitrogens is 1. The van der Waals surface area contributed by atoms with E-state index in [-0.39, 0.29) is 0 Å². The van der Waals surface area contributed by atoms with Gasteiger partial charge in [-0.15, -0.1) is 11.3 Å². The molecule has 4 rings (SSSR count). The van der Waals surface area contributed by atoms with Crippen LogP contribution in [0.2, 0.25) is 0 Å². The summed E-state index contributed by atoms with van der Waals surface area (Å²) in [6, 6.07) is 12.7. The number of benzene rings is 1. The van der Waals surface area contributed by atoms with Crippen LogP contribution < -0.4 is 4.74 Å². The number of methoxy groups -OCH3 is 1. The van der Waals surface area contributed by atoms with Crippen molar-refractivity contribution in [2.24, 2.45) is 0 Å². The summed E-state index contributed by atoms with van der Waals surface area (Å²) < 4.78 is 10.9. The zero-order valence-corrected chi connectivity index (χ0v) is 14.5. The van der Waals surface area contributed by atoms with Crippen molar-refractivity contribution in [3.63, 3.8) is 0 Å². The number of hydrogen-bond acceptors (Lipinski definition) is 5. The molecular weight excluding hydrogens is 320 g/mol. The molecule has 1 aliphatic heterocycles. The molecule has 0 spiro atoms. The van der Waals surface area contributed by atoms with Crippen molar-refractivity contribution in [3.05, 3.63) is 58.6 Å². The fraction of sp³-hybridized carbons (Fsp3) is 0.316. The molecule has 0 radical (unpaired) electrons. The van der Waals surface area contributed by atoms with Crippen LogP contribution in [0.5, 0.6) is 5.75 Å². The van der Waals surface area contributed by atoms with E-state index in [1.807, 2.05) is 35.6 Å². The van der Waals surface area contributed by atoms with E-state index in [9.17, 15) is 0 Å². The maximum atomic E-state index is 5.68. The monoisotopic (exact) mass is 340 g/mol. The molecule has 1 saturated heterocycles. The number of hydrogen-bond donors (Lipinski definition) is 0. The minimum Gasteiger partial charge on any atom is -0.497 e. The molecule has 4 nitrogen and oxygen atoms in total. The Hall–Kier alpha value is -2.11. The number of thiophene rings is 1. The van der Waals surface area contributed by atoms with Gasteiger partial charge in [-0.05, 0) is 55.1 Å². The Morgan fingerprint density at radius 2 is 2.17 bits per heavy atom. The van der Waals surface area contributed by atoms with Gasteiger partial charge in [0.1, 0.15) is 12.0 Å². The Bertz CT molecular complexity index is 780. The second-order valence-electron chi connectivity index (χ2n) is 6.02. The first-order valence-corrected chi connectivity index (χ1v) is 9.08. The highest BCUT2D eigenvalue weighted by Crippen LogP contribution is 2.35. The van der Waals surface area contributed by atoms with Gasteiger partial charge in [0, 0.05) is 23.0 Å². The van der Waals surface area contributed by atoms with E-state index in [1.165, 1.54) is 17.7 Å². The Morgan fingerprint density at radius 1 is 1.29 bits per heavy atom. The highest BCUT2D eigenvalue weighted by atomic mass is 32.1. The third-order valence-corrected chi connectivity index (χ3v) is 5.46. The fourth-order valence-electron chi connectivity index (χ4n) is 3.27. The van der Waals surface area contributed by atoms with Gasteiger partial charge in [-0.2, -0.15) is 0 Å². The smallest absolute Gasteiger partial charge is 0.226 e. The van der Waals surface area contributed by atoms with Gasteiger partial charge < -0.3 is 9.15 Å². The predicted octanol–water partition coefficient (Wildman–Crippen LogP) is 4.75. The molecule has 1 aromatic carbocycles. The minimum atomic E-state index is 0.520. The van der Waals surface area contributed by atoms with E-state index < -0.39 is 0 Å². The molecule has 0 N–H and O–H groups in total. The summed E-state index contributed by atoms with van der Waals surface area (Å²) >= 11 is 1.84. The topological polar surface area (TPSA) is 38.5 Å². The number of ether oxygens (including phenoxy) is 1. The van der Waals surface area contributed by atoms with Gasteiger partial charge in [0.25, 0.3) is 0 Å². The highest BCUT2D eigenvalue weighted by molar-refractivity contribution is 7.10. The molecule has 1 aliphatic rings. The number of oxazole rings is 1. The molecule has 3 aromatic rings. The first kappa shape index (κ1) is 15.4. The van der Waals surface area contributed by atoms with Crippen LogP contribution in [-0.2, 0) is 6.54 Å². The Morgan fingerprint density at radius 3 is 2.92 bits per heavy atom. The number of rotatable bonds is 5. The summed E-state index contributed by atoms with van der Waals surface area (Å²) in [6.07, 6.45) is 4.25. The van der Waals surface area contributed by atoms with Gasteiger partial charge in [-0.25, -0.2) is 4.98 Å². The van der Waals surface area contributed by atoms with Crippen LogP contribution in [0.4, 0.5) is 0 Å². The van der Waals surface area contributed by atoms with Gasteiger partial charge >= 0.3 is 0 Å². The van der Waals surface area contributed by atoms with Crippen molar-refractivity contribution in [1.29, 1.82) is 0 Å². The minimum absolute atomic E-state index is 0.520. The molecule has 0 bridgehead atoms. The van der Waals surface area contributed by atoms with Gasteiger partial charge in [-0.3, -0.25) is 4.90 Å². The zero-order valence-electron chi connectivity index (χ0n) is 13.6. The maximum Gasteiger partial charge on any atom is 0.226 e. The molecule has 24 heavy (non-hydrogen) atoms. The lowest BCUT2D eigenvalue weighted by molar-refractivity contribution is 0.248. The first-order valence-electron chi connectivity index (χ1n) is 8.20. The molecule has 1 atom stereocenters. The normalized spacial score (nSPS) is 18.1. The quantitative estimate of drug-likeness (QED) is 0.672. The summed E-state index contributed by atoms with van der Waals surface area (Å²) in [7, 11) is 1.66. The fourth-order valence-corrected chi connectivity index (χ4v) is 4.17. The average molecular weight is 340 g/mol. The summed E-state index contributed by atoms with van der Waals surface area (Å²) in [5.74, 6) is 1.50. The van der Waals surface area contributed by atoms with Gasteiger partial charge in [0.2, 0.25) is 5.89 Å². The third kappa shape index (κ3) is 3.09. The SMILES string of the molecule is COc1ccc(-c2nc(CN3CCCC3c3cccs3)co2)cc1. The van der Waals surface area contributed by atoms with Crippen LogP contribution in [0.1, 0.15) is 29.5 Å². The second kappa shape index (κ2) is 6.79. The maximum absolute atomic E-state index is 5.68. The largest absolute Gasteiger partial charge is 0.497 e. The van der Waals surface area contributed by atoms with Crippen LogP contribution in [0.15, 0.2) is 52.5 Å². The van der Waals surface area contributed by atoms with Crippen molar-refractivity contribution >= 4 is 11.3 Å². The highest BCUT2D eigenvalue weighted by Gasteiger charge is 2.27. The first-order chi connectivity index (χ1) is 11.8. The van der Waals surface area contributed by atoms with Crippen molar-refractivity contribution in [3.8, 4) is 17.2 Å². The molecule has 1 fully saturated rings. The van der Waals surface area contributed by atoms with E-state index in [0.717, 1.165) is 30.1 Å². The van der Waals surface area contributed by atoms with Crippen LogP contribution in [-0.4, -0.2) is 23.5 Å². The number of nitrogens with zero attached hydrogens (tertiary/aromatic N) is 2. The Labute approximate surface area is 145 Å². The van der Waals surface area contributed by atoms with Crippen molar-refractivity contribution in [2.75, 3.05) is 13.7 Å². The summed E-state index contributed by atoms with van der Waals surface area (Å²) in [5.41, 5.74) is 1.96. The molecule has 0 amide bonds. The lowest BCUT2D eigenvalue weighted by Gasteiger charge is -2.22. The molecule has 0 aliphatic carbocycles. The second-order valence-corrected chi connectivity index (χ2v) is 7.00. The number of likely N-dealkylation sites (tertiary alicyclic amines) is 1. The summed E-state index contributed by atoms with van der Waals surface area (Å²) in [6.45, 7) is 1.95. The van der Waals surface area contributed by atoms with E-state index in [1.54, 1.807) is 13.4 Å². The summed E-state index contributed by atoms with van der Waals surface area (Å²) in [5, 5.41) is 2.16. The zero-order chi connectivity index (χ0) is 16.4. The van der Waals surface area contributed by atoms with Crippen molar-refractivity contribution < 1.29 is 9.15 Å². The Balaban J connectivity index is 1.48. The molecule has 1 unspecified atom stereocenters. The van der Waals surface area contributed by atoms with Gasteiger partial charge in [-0.1, -0.05) is 6.07 Å². The predicted molar refractivity (Wildman–Crippen MR) is 95.2 cm³/mol. The van der Waals surface area contributed by atoms with Gasteiger partial charge in [0.15, 0.2) is 0 Å². The van der Waals surface area contributed by atoms with Crippen molar-refractivity contribution in [1.82, 2.24) is 9.88 Å². The van der Waals surface area contributed by atoms with E-state index in [0.29, 0.717) is 11.9 Å². The average Bonchev–Trinajstić information content (AvgIpc) is 3.37. The van der Waals surface area contributed by atoms with Crippen LogP contribution >= 0.6 is 11.3 Å². The standard InChI is InChI=1S/C19H20N2O2S/c1-22-16-8-6-14(7-9-16)19-20-15(13-23-19)12-21-10-2-4-17(21)18-5-3-11-24-18/h3,5-9,11,13,17H,2,4,10,12H2,1H3. The van der Waals surface area contributed by atoms with E-state index >= 15 is 0 Å². The molecule has 5 heteroatoms. The molecule has 124 valence electrons.